The maximum absolute atomic E-state index is 5.95. The number of hydrogen-bond acceptors (Lipinski definition) is 4. The van der Waals surface area contributed by atoms with Crippen molar-refractivity contribution in [1.82, 2.24) is 15.0 Å². The van der Waals surface area contributed by atoms with Crippen LogP contribution >= 0.6 is 0 Å². The smallest absolute Gasteiger partial charge is 0.130 e. The second kappa shape index (κ2) is 5.84. The maximum atomic E-state index is 5.95. The van der Waals surface area contributed by atoms with E-state index in [1.54, 1.807) is 7.11 Å². The van der Waals surface area contributed by atoms with E-state index in [9.17, 15) is 0 Å². The molecule has 20 heavy (non-hydrogen) atoms. The molecule has 0 saturated heterocycles. The number of methoxy groups -OCH3 is 1. The van der Waals surface area contributed by atoms with Gasteiger partial charge in [-0.2, -0.15) is 0 Å². The van der Waals surface area contributed by atoms with E-state index < -0.39 is 0 Å². The second-order valence-electron chi connectivity index (χ2n) is 6.60. The Kier molecular flexibility index (Phi) is 4.52. The molecule has 1 aliphatic rings. The molecule has 1 fully saturated rings. The van der Waals surface area contributed by atoms with Gasteiger partial charge in [-0.25, -0.2) is 10.4 Å². The average molecular weight is 280 g/mol. The minimum atomic E-state index is -0.261. The van der Waals surface area contributed by atoms with Crippen LogP contribution in [0.3, 0.4) is 0 Å². The van der Waals surface area contributed by atoms with Gasteiger partial charge in [-0.05, 0) is 38.0 Å². The summed E-state index contributed by atoms with van der Waals surface area (Å²) < 4.78 is 8.08. The first-order valence-electron chi connectivity index (χ1n) is 7.50. The summed E-state index contributed by atoms with van der Waals surface area (Å²) in [6, 6.07) is -0.0708. The molecule has 1 aromatic rings. The van der Waals surface area contributed by atoms with Crippen molar-refractivity contribution in [2.75, 3.05) is 7.11 Å². The molecule has 2 rings (SSSR count). The summed E-state index contributed by atoms with van der Waals surface area (Å²) in [6.07, 6.45) is 8.12. The van der Waals surface area contributed by atoms with Crippen LogP contribution in [-0.4, -0.2) is 22.3 Å². The van der Waals surface area contributed by atoms with Crippen molar-refractivity contribution in [3.05, 3.63) is 18.2 Å². The molecule has 3 N–H and O–H groups in total. The molecule has 5 heteroatoms. The Labute approximate surface area is 121 Å². The summed E-state index contributed by atoms with van der Waals surface area (Å²) in [7, 11) is 1.79. The van der Waals surface area contributed by atoms with Gasteiger partial charge < -0.3 is 9.30 Å². The van der Waals surface area contributed by atoms with Gasteiger partial charge >= 0.3 is 0 Å². The number of imidazole rings is 1. The van der Waals surface area contributed by atoms with Crippen molar-refractivity contribution in [3.63, 3.8) is 0 Å². The monoisotopic (exact) mass is 280 g/mol. The van der Waals surface area contributed by atoms with Crippen LogP contribution in [0.2, 0.25) is 0 Å². The van der Waals surface area contributed by atoms with Gasteiger partial charge in [0, 0.05) is 26.0 Å². The summed E-state index contributed by atoms with van der Waals surface area (Å²) in [4.78, 5) is 4.50. The number of nitrogens with one attached hydrogen (secondary N) is 1. The Morgan fingerprint density at radius 3 is 2.55 bits per heavy atom. The predicted molar refractivity (Wildman–Crippen MR) is 80.0 cm³/mol. The largest absolute Gasteiger partial charge is 0.376 e. The molecule has 0 radical (unpaired) electrons. The van der Waals surface area contributed by atoms with Crippen LogP contribution < -0.4 is 11.3 Å². The summed E-state index contributed by atoms with van der Waals surface area (Å²) >= 11 is 0. The van der Waals surface area contributed by atoms with Gasteiger partial charge in [0.15, 0.2) is 0 Å². The minimum Gasteiger partial charge on any atom is -0.376 e. The van der Waals surface area contributed by atoms with Crippen molar-refractivity contribution in [2.24, 2.45) is 11.3 Å². The van der Waals surface area contributed by atoms with Gasteiger partial charge in [-0.1, -0.05) is 13.8 Å². The third-order valence-electron chi connectivity index (χ3n) is 4.90. The molecule has 1 unspecified atom stereocenters. The number of rotatable bonds is 5. The van der Waals surface area contributed by atoms with Gasteiger partial charge in [0.1, 0.15) is 11.9 Å². The van der Waals surface area contributed by atoms with Gasteiger partial charge in [0.05, 0.1) is 5.60 Å². The van der Waals surface area contributed by atoms with E-state index in [-0.39, 0.29) is 11.6 Å². The van der Waals surface area contributed by atoms with Crippen molar-refractivity contribution in [3.8, 4) is 0 Å². The van der Waals surface area contributed by atoms with Crippen LogP contribution in [0.1, 0.15) is 58.3 Å². The first-order chi connectivity index (χ1) is 9.48. The quantitative estimate of drug-likeness (QED) is 0.642. The molecule has 1 heterocycles. The van der Waals surface area contributed by atoms with Crippen LogP contribution in [0, 0.1) is 5.41 Å². The van der Waals surface area contributed by atoms with Crippen LogP contribution in [-0.2, 0) is 11.3 Å². The lowest BCUT2D eigenvalue weighted by Gasteiger charge is -2.46. The lowest BCUT2D eigenvalue weighted by atomic mass is 9.68. The van der Waals surface area contributed by atoms with E-state index in [4.69, 9.17) is 10.6 Å². The fourth-order valence-corrected chi connectivity index (χ4v) is 3.27. The van der Waals surface area contributed by atoms with Gasteiger partial charge in [0.2, 0.25) is 0 Å². The highest BCUT2D eigenvalue weighted by molar-refractivity contribution is 5.09. The summed E-state index contributed by atoms with van der Waals surface area (Å²) in [5.74, 6) is 6.83. The Morgan fingerprint density at radius 1 is 1.40 bits per heavy atom. The molecule has 0 amide bonds. The van der Waals surface area contributed by atoms with Gasteiger partial charge in [-0.3, -0.25) is 5.84 Å². The molecule has 0 bridgehead atoms. The van der Waals surface area contributed by atoms with Crippen LogP contribution in [0.15, 0.2) is 12.4 Å². The number of aromatic nitrogens is 2. The summed E-state index contributed by atoms with van der Waals surface area (Å²) in [6.45, 7) is 7.65. The van der Waals surface area contributed by atoms with E-state index in [1.165, 1.54) is 0 Å². The number of hydrazine groups is 1. The zero-order chi connectivity index (χ0) is 14.8. The van der Waals surface area contributed by atoms with E-state index in [0.717, 1.165) is 38.1 Å². The van der Waals surface area contributed by atoms with E-state index in [1.807, 2.05) is 12.4 Å². The highest BCUT2D eigenvalue weighted by Gasteiger charge is 2.46. The SMILES string of the molecule is CCn1ccnc1C(NN)C1(OC)CCC(C)(C)CC1. The molecule has 1 aromatic heterocycles. The molecular formula is C15H28N4O. The Balaban J connectivity index is 2.29. The van der Waals surface area contributed by atoms with Crippen molar-refractivity contribution in [1.29, 1.82) is 0 Å². The number of hydrogen-bond donors (Lipinski definition) is 2. The molecule has 1 atom stereocenters. The minimum absolute atomic E-state index is 0.0708. The number of nitrogens with zero attached hydrogens (tertiary/aromatic N) is 2. The molecule has 5 nitrogen and oxygen atoms in total. The topological polar surface area (TPSA) is 65.1 Å². The Bertz CT molecular complexity index is 431. The molecule has 114 valence electrons. The predicted octanol–water partition coefficient (Wildman–Crippen LogP) is 2.39. The number of aryl methyl sites for hydroxylation is 1. The highest BCUT2D eigenvalue weighted by Crippen LogP contribution is 2.46. The number of nitrogens with two attached hydrogens (primary N) is 1. The average Bonchev–Trinajstić information content (AvgIpc) is 2.90. The fraction of sp³-hybridized carbons (Fsp3) is 0.800. The highest BCUT2D eigenvalue weighted by atomic mass is 16.5. The van der Waals surface area contributed by atoms with Gasteiger partial charge in [0.25, 0.3) is 0 Å². The van der Waals surface area contributed by atoms with Crippen LogP contribution in [0.4, 0.5) is 0 Å². The van der Waals surface area contributed by atoms with E-state index in [2.05, 4.69) is 35.7 Å². The van der Waals surface area contributed by atoms with Crippen molar-refractivity contribution >= 4 is 0 Å². The zero-order valence-corrected chi connectivity index (χ0v) is 13.1. The molecule has 1 aliphatic carbocycles. The first-order valence-corrected chi connectivity index (χ1v) is 7.50. The van der Waals surface area contributed by atoms with Crippen molar-refractivity contribution < 1.29 is 4.74 Å². The van der Waals surface area contributed by atoms with E-state index >= 15 is 0 Å². The van der Waals surface area contributed by atoms with Crippen molar-refractivity contribution in [2.45, 2.75) is 64.6 Å². The van der Waals surface area contributed by atoms with Crippen LogP contribution in [0.5, 0.6) is 0 Å². The summed E-state index contributed by atoms with van der Waals surface area (Å²) in [5, 5.41) is 0. The van der Waals surface area contributed by atoms with Crippen LogP contribution in [0.25, 0.3) is 0 Å². The zero-order valence-electron chi connectivity index (χ0n) is 13.1. The Hall–Kier alpha value is -0.910. The third-order valence-corrected chi connectivity index (χ3v) is 4.90. The third kappa shape index (κ3) is 2.75. The van der Waals surface area contributed by atoms with Gasteiger partial charge in [-0.15, -0.1) is 0 Å². The maximum Gasteiger partial charge on any atom is 0.130 e. The second-order valence-corrected chi connectivity index (χ2v) is 6.60. The standard InChI is InChI=1S/C15H28N4O/c1-5-19-11-10-17-13(19)12(18-16)15(20-4)8-6-14(2,3)7-9-15/h10-12,18H,5-9,16H2,1-4H3. The molecule has 0 aromatic carbocycles. The lowest BCUT2D eigenvalue weighted by Crippen LogP contribution is -2.51. The fourth-order valence-electron chi connectivity index (χ4n) is 3.27. The number of ether oxygens (including phenoxy) is 1. The first kappa shape index (κ1) is 15.5. The Morgan fingerprint density at radius 2 is 2.05 bits per heavy atom. The molecular weight excluding hydrogens is 252 g/mol. The molecule has 0 aliphatic heterocycles. The molecule has 1 saturated carbocycles. The lowest BCUT2D eigenvalue weighted by molar-refractivity contribution is -0.0901. The molecule has 0 spiro atoms. The van der Waals surface area contributed by atoms with E-state index in [0.29, 0.717) is 5.41 Å². The normalized spacial score (nSPS) is 22.6. The summed E-state index contributed by atoms with van der Waals surface area (Å²) in [5.41, 5.74) is 3.09.